The van der Waals surface area contributed by atoms with E-state index in [4.69, 9.17) is 5.11 Å². The van der Waals surface area contributed by atoms with Gasteiger partial charge in [-0.2, -0.15) is 0 Å². The molecule has 0 radical (unpaired) electrons. The third-order valence-corrected chi connectivity index (χ3v) is 4.76. The Morgan fingerprint density at radius 2 is 1.84 bits per heavy atom. The first-order valence-corrected chi connectivity index (χ1v) is 8.21. The van der Waals surface area contributed by atoms with Crippen molar-refractivity contribution in [2.24, 2.45) is 5.92 Å². The summed E-state index contributed by atoms with van der Waals surface area (Å²) in [6, 6.07) is 6.93. The number of aliphatic hydroxyl groups excluding tert-OH is 1. The highest BCUT2D eigenvalue weighted by Crippen LogP contribution is 2.12. The average Bonchev–Trinajstić information content (AvgIpc) is 2.43. The molecule has 1 aromatic carbocycles. The molecule has 0 aromatic heterocycles. The van der Waals surface area contributed by atoms with E-state index in [1.807, 2.05) is 26.0 Å². The Bertz CT molecular complexity index is 468. The predicted octanol–water partition coefficient (Wildman–Crippen LogP) is 1.94. The first-order chi connectivity index (χ1) is 9.03. The lowest BCUT2D eigenvalue weighted by atomic mass is 10.0. The Kier molecular flexibility index (Phi) is 6.48. The van der Waals surface area contributed by atoms with E-state index in [0.717, 1.165) is 18.4 Å². The van der Waals surface area contributed by atoms with Crippen molar-refractivity contribution in [1.82, 2.24) is 4.72 Å². The van der Waals surface area contributed by atoms with Gasteiger partial charge in [-0.25, -0.2) is 13.1 Å². The second-order valence-electron chi connectivity index (χ2n) is 4.64. The summed E-state index contributed by atoms with van der Waals surface area (Å²) in [5, 5.41) is 8.89. The van der Waals surface area contributed by atoms with Crippen molar-refractivity contribution in [3.05, 3.63) is 29.8 Å². The van der Waals surface area contributed by atoms with Crippen LogP contribution in [0.3, 0.4) is 0 Å². The lowest BCUT2D eigenvalue weighted by Crippen LogP contribution is -2.29. The third kappa shape index (κ3) is 4.93. The Hall–Kier alpha value is -0.910. The zero-order chi connectivity index (χ0) is 14.3. The summed E-state index contributed by atoms with van der Waals surface area (Å²) in [6.07, 6.45) is 2.35. The molecule has 0 spiro atoms. The van der Waals surface area contributed by atoms with Gasteiger partial charge in [0.15, 0.2) is 0 Å². The number of hydrogen-bond acceptors (Lipinski definition) is 3. The summed E-state index contributed by atoms with van der Waals surface area (Å²) in [7, 11) is -3.44. The van der Waals surface area contributed by atoms with Crippen LogP contribution in [0.15, 0.2) is 29.2 Å². The quantitative estimate of drug-likeness (QED) is 0.767. The Balaban J connectivity index is 2.69. The van der Waals surface area contributed by atoms with Crippen LogP contribution >= 0.6 is 0 Å². The number of benzene rings is 1. The maximum absolute atomic E-state index is 12.1. The molecule has 5 heteroatoms. The van der Waals surface area contributed by atoms with Crippen molar-refractivity contribution in [3.63, 3.8) is 0 Å². The topological polar surface area (TPSA) is 66.4 Å². The minimum absolute atomic E-state index is 0.0887. The van der Waals surface area contributed by atoms with Gasteiger partial charge in [0.25, 0.3) is 0 Å². The molecule has 1 atom stereocenters. The standard InChI is InChI=1S/C14H23NO3S/c1-3-12-5-7-14(8-6-12)19(17,18)15-11-13(4-2)9-10-16/h5-8,13,15-16H,3-4,9-11H2,1-2H3. The molecular weight excluding hydrogens is 262 g/mol. The van der Waals surface area contributed by atoms with Gasteiger partial charge in [0.05, 0.1) is 4.90 Å². The van der Waals surface area contributed by atoms with E-state index in [-0.39, 0.29) is 12.5 Å². The van der Waals surface area contributed by atoms with Crippen LogP contribution in [0.5, 0.6) is 0 Å². The number of aliphatic hydroxyl groups is 1. The number of aryl methyl sites for hydroxylation is 1. The number of rotatable bonds is 8. The average molecular weight is 285 g/mol. The molecule has 1 rings (SSSR count). The van der Waals surface area contributed by atoms with E-state index in [1.54, 1.807) is 12.1 Å². The van der Waals surface area contributed by atoms with Crippen LogP contribution in [0, 0.1) is 5.92 Å². The van der Waals surface area contributed by atoms with Crippen molar-refractivity contribution in [2.75, 3.05) is 13.2 Å². The number of sulfonamides is 1. The number of nitrogens with one attached hydrogen (secondary N) is 1. The molecule has 1 unspecified atom stereocenters. The largest absolute Gasteiger partial charge is 0.396 e. The molecule has 0 saturated carbocycles. The van der Waals surface area contributed by atoms with Gasteiger partial charge in [0.1, 0.15) is 0 Å². The maximum Gasteiger partial charge on any atom is 0.240 e. The van der Waals surface area contributed by atoms with Crippen molar-refractivity contribution in [1.29, 1.82) is 0 Å². The van der Waals surface area contributed by atoms with Crippen LogP contribution in [0.25, 0.3) is 0 Å². The van der Waals surface area contributed by atoms with E-state index in [1.165, 1.54) is 0 Å². The second-order valence-corrected chi connectivity index (χ2v) is 6.40. The van der Waals surface area contributed by atoms with Crippen molar-refractivity contribution in [2.45, 2.75) is 38.0 Å². The molecule has 0 aliphatic carbocycles. The minimum Gasteiger partial charge on any atom is -0.396 e. The smallest absolute Gasteiger partial charge is 0.240 e. The van der Waals surface area contributed by atoms with Gasteiger partial charge in [-0.1, -0.05) is 32.4 Å². The maximum atomic E-state index is 12.1. The summed E-state index contributed by atoms with van der Waals surface area (Å²) < 4.78 is 26.8. The van der Waals surface area contributed by atoms with Crippen LogP contribution in [-0.2, 0) is 16.4 Å². The zero-order valence-corrected chi connectivity index (χ0v) is 12.4. The zero-order valence-electron chi connectivity index (χ0n) is 11.6. The molecule has 2 N–H and O–H groups in total. The lowest BCUT2D eigenvalue weighted by Gasteiger charge is -2.14. The first kappa shape index (κ1) is 16.1. The molecule has 4 nitrogen and oxygen atoms in total. The van der Waals surface area contributed by atoms with Gasteiger partial charge < -0.3 is 5.11 Å². The van der Waals surface area contributed by atoms with Crippen LogP contribution in [0.2, 0.25) is 0 Å². The normalized spacial score (nSPS) is 13.4. The fourth-order valence-corrected chi connectivity index (χ4v) is 2.96. The van der Waals surface area contributed by atoms with E-state index in [2.05, 4.69) is 4.72 Å². The Morgan fingerprint density at radius 3 is 2.32 bits per heavy atom. The fraction of sp³-hybridized carbons (Fsp3) is 0.571. The minimum atomic E-state index is -3.44. The molecule has 0 saturated heterocycles. The van der Waals surface area contributed by atoms with Gasteiger partial charge in [-0.15, -0.1) is 0 Å². The summed E-state index contributed by atoms with van der Waals surface area (Å²) in [5.41, 5.74) is 1.12. The van der Waals surface area contributed by atoms with Crippen LogP contribution < -0.4 is 4.72 Å². The molecule has 108 valence electrons. The molecule has 0 aliphatic rings. The van der Waals surface area contributed by atoms with Crippen molar-refractivity contribution < 1.29 is 13.5 Å². The van der Waals surface area contributed by atoms with Crippen LogP contribution in [0.4, 0.5) is 0 Å². The van der Waals surface area contributed by atoms with Crippen molar-refractivity contribution in [3.8, 4) is 0 Å². The molecule has 0 heterocycles. The molecule has 0 fully saturated rings. The summed E-state index contributed by atoms with van der Waals surface area (Å²) in [5.74, 6) is 0.176. The van der Waals surface area contributed by atoms with Gasteiger partial charge in [-0.3, -0.25) is 0 Å². The summed E-state index contributed by atoms with van der Waals surface area (Å²) in [4.78, 5) is 0.295. The second kappa shape index (κ2) is 7.62. The van der Waals surface area contributed by atoms with Gasteiger partial charge in [0.2, 0.25) is 10.0 Å². The van der Waals surface area contributed by atoms with E-state index in [0.29, 0.717) is 17.9 Å². The Morgan fingerprint density at radius 1 is 1.21 bits per heavy atom. The lowest BCUT2D eigenvalue weighted by molar-refractivity contribution is 0.254. The van der Waals surface area contributed by atoms with E-state index in [9.17, 15) is 8.42 Å². The van der Waals surface area contributed by atoms with Gasteiger partial charge in [-0.05, 0) is 36.5 Å². The highest BCUT2D eigenvalue weighted by molar-refractivity contribution is 7.89. The molecular formula is C14H23NO3S. The first-order valence-electron chi connectivity index (χ1n) is 6.73. The SMILES string of the molecule is CCc1ccc(S(=O)(=O)NCC(CC)CCO)cc1. The van der Waals surface area contributed by atoms with Gasteiger partial charge >= 0.3 is 0 Å². The van der Waals surface area contributed by atoms with E-state index < -0.39 is 10.0 Å². The third-order valence-electron chi connectivity index (χ3n) is 3.32. The molecule has 19 heavy (non-hydrogen) atoms. The highest BCUT2D eigenvalue weighted by atomic mass is 32.2. The molecule has 0 bridgehead atoms. The van der Waals surface area contributed by atoms with Crippen LogP contribution in [-0.4, -0.2) is 26.7 Å². The highest BCUT2D eigenvalue weighted by Gasteiger charge is 2.15. The predicted molar refractivity (Wildman–Crippen MR) is 76.5 cm³/mol. The number of hydrogen-bond donors (Lipinski definition) is 2. The van der Waals surface area contributed by atoms with Crippen LogP contribution in [0.1, 0.15) is 32.3 Å². The molecule has 1 aromatic rings. The molecule has 0 amide bonds. The Labute approximate surface area is 115 Å². The fourth-order valence-electron chi connectivity index (χ4n) is 1.85. The summed E-state index contributed by atoms with van der Waals surface area (Å²) >= 11 is 0. The van der Waals surface area contributed by atoms with Crippen molar-refractivity contribution >= 4 is 10.0 Å². The van der Waals surface area contributed by atoms with E-state index >= 15 is 0 Å². The molecule has 0 aliphatic heterocycles. The summed E-state index contributed by atoms with van der Waals surface area (Å²) in [6.45, 7) is 4.48. The monoisotopic (exact) mass is 285 g/mol. The van der Waals surface area contributed by atoms with Gasteiger partial charge in [0, 0.05) is 13.2 Å².